The summed E-state index contributed by atoms with van der Waals surface area (Å²) in [7, 11) is -1.54. The molecule has 0 aliphatic heterocycles. The third-order valence-electron chi connectivity index (χ3n) is 4.14. The van der Waals surface area contributed by atoms with Gasteiger partial charge < -0.3 is 5.11 Å². The van der Waals surface area contributed by atoms with Crippen molar-refractivity contribution in [1.82, 2.24) is 0 Å². The van der Waals surface area contributed by atoms with Gasteiger partial charge in [-0.1, -0.05) is 70.7 Å². The van der Waals surface area contributed by atoms with Crippen molar-refractivity contribution in [1.29, 1.82) is 0 Å². The summed E-state index contributed by atoms with van der Waals surface area (Å²) in [6.45, 7) is 0. The van der Waals surface area contributed by atoms with E-state index in [1.165, 1.54) is 0 Å². The van der Waals surface area contributed by atoms with E-state index in [9.17, 15) is 9.32 Å². The molecule has 27 heavy (non-hydrogen) atoms. The molecule has 0 heterocycles. The Kier molecular flexibility index (Phi) is 6.52. The van der Waals surface area contributed by atoms with Gasteiger partial charge >= 0.3 is 0 Å². The maximum atomic E-state index is 13.0. The molecule has 3 rings (SSSR count). The number of benzene rings is 3. The molecule has 0 saturated heterocycles. The summed E-state index contributed by atoms with van der Waals surface area (Å²) in [6, 6.07) is 18.3. The van der Waals surface area contributed by atoms with Crippen LogP contribution in [0.3, 0.4) is 0 Å². The van der Waals surface area contributed by atoms with E-state index in [2.05, 4.69) is 0 Å². The van der Waals surface area contributed by atoms with Crippen molar-refractivity contribution < 1.29 is 9.32 Å². The standard InChI is InChI=1S/C20H14Cl4O2S/c21-15-5-1-13(2-6-15)20(25,14-3-7-16(22)8-4-14)12-27(26)17-9-10-18(23)19(24)11-17/h1-11,25H,12H2. The van der Waals surface area contributed by atoms with Crippen LogP contribution in [-0.2, 0) is 16.4 Å². The van der Waals surface area contributed by atoms with Gasteiger partial charge in [-0.3, -0.25) is 4.21 Å². The number of halogens is 4. The van der Waals surface area contributed by atoms with Crippen molar-refractivity contribution in [2.45, 2.75) is 10.5 Å². The van der Waals surface area contributed by atoms with Gasteiger partial charge in [-0.2, -0.15) is 0 Å². The fraction of sp³-hybridized carbons (Fsp3) is 0.100. The van der Waals surface area contributed by atoms with Gasteiger partial charge in [0, 0.05) is 14.9 Å². The maximum absolute atomic E-state index is 13.0. The summed E-state index contributed by atoms with van der Waals surface area (Å²) in [5, 5.41) is 13.3. The van der Waals surface area contributed by atoms with Gasteiger partial charge in [0.2, 0.25) is 0 Å². The quantitative estimate of drug-likeness (QED) is 0.483. The summed E-state index contributed by atoms with van der Waals surface area (Å²) in [5.74, 6) is -0.0752. The zero-order valence-electron chi connectivity index (χ0n) is 13.8. The Morgan fingerprint density at radius 1 is 0.741 bits per heavy atom. The highest BCUT2D eigenvalue weighted by Gasteiger charge is 2.34. The zero-order valence-corrected chi connectivity index (χ0v) is 17.7. The maximum Gasteiger partial charge on any atom is 0.126 e. The predicted octanol–water partition coefficient (Wildman–Crippen LogP) is 6.34. The molecule has 0 bridgehead atoms. The first-order chi connectivity index (χ1) is 12.8. The molecular weight excluding hydrogens is 446 g/mol. The summed E-state index contributed by atoms with van der Waals surface area (Å²) >= 11 is 23.9. The van der Waals surface area contributed by atoms with Gasteiger partial charge in [0.15, 0.2) is 0 Å². The van der Waals surface area contributed by atoms with E-state index in [4.69, 9.17) is 46.4 Å². The molecule has 1 unspecified atom stereocenters. The normalized spacial score (nSPS) is 12.8. The van der Waals surface area contributed by atoms with Crippen molar-refractivity contribution in [3.05, 3.63) is 97.9 Å². The number of hydrogen-bond donors (Lipinski definition) is 1. The monoisotopic (exact) mass is 458 g/mol. The molecule has 0 spiro atoms. The van der Waals surface area contributed by atoms with E-state index in [0.29, 0.717) is 36.1 Å². The molecule has 0 amide bonds. The molecule has 2 nitrogen and oxygen atoms in total. The molecule has 0 aliphatic rings. The highest BCUT2D eigenvalue weighted by atomic mass is 35.5. The second-order valence-electron chi connectivity index (χ2n) is 5.94. The molecule has 1 N–H and O–H groups in total. The lowest BCUT2D eigenvalue weighted by Crippen LogP contribution is -2.34. The van der Waals surface area contributed by atoms with Crippen molar-refractivity contribution in [3.63, 3.8) is 0 Å². The van der Waals surface area contributed by atoms with Crippen LogP contribution in [0.15, 0.2) is 71.6 Å². The molecular formula is C20H14Cl4O2S. The summed E-state index contributed by atoms with van der Waals surface area (Å²) in [4.78, 5) is 0.478. The second-order valence-corrected chi connectivity index (χ2v) is 9.08. The fourth-order valence-electron chi connectivity index (χ4n) is 2.68. The van der Waals surface area contributed by atoms with E-state index in [1.54, 1.807) is 66.7 Å². The van der Waals surface area contributed by atoms with Crippen LogP contribution in [0.5, 0.6) is 0 Å². The SMILES string of the molecule is O=S(CC(O)(c1ccc(Cl)cc1)c1ccc(Cl)cc1)c1ccc(Cl)c(Cl)c1. The lowest BCUT2D eigenvalue weighted by atomic mass is 9.88. The van der Waals surface area contributed by atoms with Gasteiger partial charge in [-0.15, -0.1) is 0 Å². The average molecular weight is 460 g/mol. The first kappa shape index (κ1) is 20.7. The average Bonchev–Trinajstić information content (AvgIpc) is 2.64. The number of hydrogen-bond acceptors (Lipinski definition) is 2. The minimum absolute atomic E-state index is 0.0752. The van der Waals surface area contributed by atoms with Crippen LogP contribution in [0.25, 0.3) is 0 Å². The van der Waals surface area contributed by atoms with Crippen molar-refractivity contribution in [2.75, 3.05) is 5.75 Å². The Morgan fingerprint density at radius 3 is 1.67 bits per heavy atom. The molecule has 1 atom stereocenters. The minimum Gasteiger partial charge on any atom is -0.379 e. The molecule has 3 aromatic carbocycles. The molecule has 0 aromatic heterocycles. The topological polar surface area (TPSA) is 37.3 Å². The van der Waals surface area contributed by atoms with Crippen LogP contribution in [0, 0.1) is 0 Å². The Morgan fingerprint density at radius 2 is 1.22 bits per heavy atom. The van der Waals surface area contributed by atoms with Gasteiger partial charge in [0.1, 0.15) is 5.60 Å². The van der Waals surface area contributed by atoms with Gasteiger partial charge in [-0.25, -0.2) is 0 Å². The van der Waals surface area contributed by atoms with E-state index >= 15 is 0 Å². The zero-order chi connectivity index (χ0) is 19.6. The molecule has 3 aromatic rings. The second kappa shape index (κ2) is 8.52. The molecule has 0 aliphatic carbocycles. The first-order valence-electron chi connectivity index (χ1n) is 7.87. The Labute approximate surface area is 180 Å². The largest absolute Gasteiger partial charge is 0.379 e. The Bertz CT molecular complexity index is 927. The number of rotatable bonds is 5. The molecule has 0 saturated carbocycles. The van der Waals surface area contributed by atoms with Gasteiger partial charge in [0.05, 0.1) is 26.6 Å². The highest BCUT2D eigenvalue weighted by Crippen LogP contribution is 2.34. The summed E-state index contributed by atoms with van der Waals surface area (Å²) in [6.07, 6.45) is 0. The van der Waals surface area contributed by atoms with Crippen molar-refractivity contribution in [3.8, 4) is 0 Å². The fourth-order valence-corrected chi connectivity index (χ4v) is 4.64. The lowest BCUT2D eigenvalue weighted by molar-refractivity contribution is 0.106. The lowest BCUT2D eigenvalue weighted by Gasteiger charge is -2.29. The van der Waals surface area contributed by atoms with E-state index in [0.717, 1.165) is 0 Å². The Hall–Kier alpha value is -1.07. The third kappa shape index (κ3) is 4.68. The van der Waals surface area contributed by atoms with Crippen molar-refractivity contribution >= 4 is 57.2 Å². The van der Waals surface area contributed by atoms with Crippen LogP contribution < -0.4 is 0 Å². The smallest absolute Gasteiger partial charge is 0.126 e. The van der Waals surface area contributed by atoms with Crippen molar-refractivity contribution in [2.24, 2.45) is 0 Å². The van der Waals surface area contributed by atoms with Crippen LogP contribution in [0.1, 0.15) is 11.1 Å². The number of aliphatic hydroxyl groups is 1. The van der Waals surface area contributed by atoms with Crippen LogP contribution in [0.4, 0.5) is 0 Å². The minimum atomic E-state index is -1.54. The van der Waals surface area contributed by atoms with E-state index in [-0.39, 0.29) is 5.75 Å². The van der Waals surface area contributed by atoms with Crippen LogP contribution in [-0.4, -0.2) is 15.1 Å². The molecule has 0 fully saturated rings. The first-order valence-corrected chi connectivity index (χ1v) is 10.7. The van der Waals surface area contributed by atoms with E-state index < -0.39 is 16.4 Å². The summed E-state index contributed by atoms with van der Waals surface area (Å²) in [5.41, 5.74) is -0.364. The third-order valence-corrected chi connectivity index (χ3v) is 6.84. The van der Waals surface area contributed by atoms with E-state index in [1.807, 2.05) is 0 Å². The molecule has 140 valence electrons. The van der Waals surface area contributed by atoms with Gasteiger partial charge in [0.25, 0.3) is 0 Å². The molecule has 7 heteroatoms. The summed E-state index contributed by atoms with van der Waals surface area (Å²) < 4.78 is 13.0. The molecule has 0 radical (unpaired) electrons. The van der Waals surface area contributed by atoms with Crippen LogP contribution in [0.2, 0.25) is 20.1 Å². The Balaban J connectivity index is 2.03. The van der Waals surface area contributed by atoms with Gasteiger partial charge in [-0.05, 0) is 53.6 Å². The van der Waals surface area contributed by atoms with Crippen LogP contribution >= 0.6 is 46.4 Å². The highest BCUT2D eigenvalue weighted by molar-refractivity contribution is 7.85. The predicted molar refractivity (Wildman–Crippen MR) is 114 cm³/mol.